The van der Waals surface area contributed by atoms with E-state index in [1.54, 1.807) is 31.2 Å². The number of non-ortho nitro benzene ring substituents is 1. The Balaban J connectivity index is 1.59. The number of carbonyl (C=O) groups excluding carboxylic acids is 2. The lowest BCUT2D eigenvalue weighted by molar-refractivity contribution is -0.384. The molecule has 180 valence electrons. The molecular formula is C24H20IN3O7. The summed E-state index contributed by atoms with van der Waals surface area (Å²) in [6, 6.07) is 17.1. The van der Waals surface area contributed by atoms with Crippen LogP contribution in [-0.2, 0) is 4.79 Å². The lowest BCUT2D eigenvalue weighted by atomic mass is 10.2. The summed E-state index contributed by atoms with van der Waals surface area (Å²) in [6.45, 7) is 1.89. The molecule has 0 saturated heterocycles. The number of benzene rings is 3. The molecule has 0 aliphatic heterocycles. The standard InChI is InChI=1S/C24H20IN3O7/c1-2-33-22-13-16(14-26-27-23(29)15-34-20-10-6-18(25)7-11-20)3-12-21(22)35-24(30)17-4-8-19(9-5-17)28(31)32/h3-14H,2,15H2,1H3,(H,27,29). The molecule has 11 heteroatoms. The first kappa shape index (κ1) is 25.6. The predicted octanol–water partition coefficient (Wildman–Crippen LogP) is 4.35. The van der Waals surface area contributed by atoms with Gasteiger partial charge in [0.1, 0.15) is 5.75 Å². The number of carbonyl (C=O) groups is 2. The van der Waals surface area contributed by atoms with E-state index in [1.807, 2.05) is 12.1 Å². The van der Waals surface area contributed by atoms with Gasteiger partial charge in [0.2, 0.25) is 0 Å². The summed E-state index contributed by atoms with van der Waals surface area (Å²) in [7, 11) is 0. The number of nitrogens with one attached hydrogen (secondary N) is 1. The Labute approximate surface area is 214 Å². The van der Waals surface area contributed by atoms with Gasteiger partial charge < -0.3 is 14.2 Å². The van der Waals surface area contributed by atoms with Gasteiger partial charge in [0, 0.05) is 15.7 Å². The van der Waals surface area contributed by atoms with Gasteiger partial charge in [-0.3, -0.25) is 14.9 Å². The number of nitro groups is 1. The number of nitrogens with zero attached hydrogens (tertiary/aromatic N) is 2. The average molecular weight is 589 g/mol. The minimum absolute atomic E-state index is 0.131. The zero-order chi connectivity index (χ0) is 25.2. The fraction of sp³-hybridized carbons (Fsp3) is 0.125. The molecule has 1 amide bonds. The van der Waals surface area contributed by atoms with Crippen molar-refractivity contribution < 1.29 is 28.7 Å². The van der Waals surface area contributed by atoms with Crippen LogP contribution in [0.1, 0.15) is 22.8 Å². The van der Waals surface area contributed by atoms with E-state index in [4.69, 9.17) is 14.2 Å². The van der Waals surface area contributed by atoms with Gasteiger partial charge in [-0.2, -0.15) is 5.10 Å². The largest absolute Gasteiger partial charge is 0.490 e. The molecule has 0 aliphatic rings. The molecule has 0 aliphatic carbocycles. The van der Waals surface area contributed by atoms with E-state index >= 15 is 0 Å². The second kappa shape index (κ2) is 12.5. The molecule has 3 aromatic rings. The first-order valence-corrected chi connectivity index (χ1v) is 11.4. The van der Waals surface area contributed by atoms with Crippen LogP contribution in [0, 0.1) is 13.7 Å². The number of hydrogen-bond acceptors (Lipinski definition) is 8. The molecular weight excluding hydrogens is 569 g/mol. The molecule has 0 saturated carbocycles. The highest BCUT2D eigenvalue weighted by molar-refractivity contribution is 14.1. The van der Waals surface area contributed by atoms with Crippen molar-refractivity contribution in [3.8, 4) is 17.2 Å². The third-order valence-electron chi connectivity index (χ3n) is 4.37. The van der Waals surface area contributed by atoms with Crippen LogP contribution in [0.4, 0.5) is 5.69 Å². The van der Waals surface area contributed by atoms with E-state index in [2.05, 4.69) is 33.1 Å². The maximum atomic E-state index is 12.4. The zero-order valence-corrected chi connectivity index (χ0v) is 20.6. The highest BCUT2D eigenvalue weighted by Gasteiger charge is 2.15. The van der Waals surface area contributed by atoms with Crippen molar-refractivity contribution in [1.82, 2.24) is 5.43 Å². The number of halogens is 1. The smallest absolute Gasteiger partial charge is 0.343 e. The fourth-order valence-electron chi connectivity index (χ4n) is 2.73. The van der Waals surface area contributed by atoms with Crippen molar-refractivity contribution in [2.24, 2.45) is 5.10 Å². The molecule has 3 aromatic carbocycles. The molecule has 0 bridgehead atoms. The summed E-state index contributed by atoms with van der Waals surface area (Å²) < 4.78 is 17.4. The third-order valence-corrected chi connectivity index (χ3v) is 5.09. The summed E-state index contributed by atoms with van der Waals surface area (Å²) in [5, 5.41) is 14.7. The minimum Gasteiger partial charge on any atom is -0.490 e. The Morgan fingerprint density at radius 3 is 2.40 bits per heavy atom. The SMILES string of the molecule is CCOc1cc(C=NNC(=O)COc2ccc(I)cc2)ccc1OC(=O)c1ccc([N+](=O)[O-])cc1. The molecule has 10 nitrogen and oxygen atoms in total. The molecule has 0 fully saturated rings. The van der Waals surface area contributed by atoms with Crippen LogP contribution in [0.15, 0.2) is 71.8 Å². The highest BCUT2D eigenvalue weighted by atomic mass is 127. The van der Waals surface area contributed by atoms with Gasteiger partial charge in [-0.25, -0.2) is 10.2 Å². The second-order valence-electron chi connectivity index (χ2n) is 6.87. The summed E-state index contributed by atoms with van der Waals surface area (Å²) in [4.78, 5) is 34.6. The lowest BCUT2D eigenvalue weighted by Crippen LogP contribution is -2.24. The molecule has 35 heavy (non-hydrogen) atoms. The first-order valence-electron chi connectivity index (χ1n) is 10.3. The maximum absolute atomic E-state index is 12.4. The van der Waals surface area contributed by atoms with Crippen LogP contribution in [-0.4, -0.2) is 36.2 Å². The van der Waals surface area contributed by atoms with Crippen LogP contribution in [0.2, 0.25) is 0 Å². The number of ether oxygens (including phenoxy) is 3. The van der Waals surface area contributed by atoms with E-state index in [9.17, 15) is 19.7 Å². The third kappa shape index (κ3) is 7.78. The average Bonchev–Trinajstić information content (AvgIpc) is 2.85. The fourth-order valence-corrected chi connectivity index (χ4v) is 3.09. The van der Waals surface area contributed by atoms with Gasteiger partial charge in [-0.15, -0.1) is 0 Å². The van der Waals surface area contributed by atoms with Crippen LogP contribution >= 0.6 is 22.6 Å². The van der Waals surface area contributed by atoms with Crippen LogP contribution in [0.25, 0.3) is 0 Å². The molecule has 0 unspecified atom stereocenters. The van der Waals surface area contributed by atoms with Crippen molar-refractivity contribution >= 4 is 46.4 Å². The normalized spacial score (nSPS) is 10.6. The van der Waals surface area contributed by atoms with Crippen molar-refractivity contribution in [1.29, 1.82) is 0 Å². The van der Waals surface area contributed by atoms with Crippen LogP contribution in [0.3, 0.4) is 0 Å². The number of nitro benzene ring substituents is 1. The van der Waals surface area contributed by atoms with Crippen LogP contribution in [0.5, 0.6) is 17.2 Å². The summed E-state index contributed by atoms with van der Waals surface area (Å²) >= 11 is 2.17. The lowest BCUT2D eigenvalue weighted by Gasteiger charge is -2.11. The summed E-state index contributed by atoms with van der Waals surface area (Å²) in [5.74, 6) is -0.0895. The summed E-state index contributed by atoms with van der Waals surface area (Å²) in [5.41, 5.74) is 2.98. The van der Waals surface area contributed by atoms with Gasteiger partial charge >= 0.3 is 5.97 Å². The first-order chi connectivity index (χ1) is 16.9. The van der Waals surface area contributed by atoms with Crippen molar-refractivity contribution in [3.63, 3.8) is 0 Å². The van der Waals surface area contributed by atoms with Crippen LogP contribution < -0.4 is 19.6 Å². The number of amides is 1. The Morgan fingerprint density at radius 1 is 1.03 bits per heavy atom. The zero-order valence-electron chi connectivity index (χ0n) is 18.5. The number of hydrogen-bond donors (Lipinski definition) is 1. The van der Waals surface area contributed by atoms with E-state index in [0.29, 0.717) is 23.7 Å². The second-order valence-corrected chi connectivity index (χ2v) is 8.11. The van der Waals surface area contributed by atoms with Gasteiger partial charge in [0.25, 0.3) is 11.6 Å². The maximum Gasteiger partial charge on any atom is 0.343 e. The topological polar surface area (TPSA) is 129 Å². The van der Waals surface area contributed by atoms with Gasteiger partial charge in [-0.05, 0) is 89.7 Å². The Bertz CT molecular complexity index is 1230. The molecule has 0 heterocycles. The minimum atomic E-state index is -0.692. The van der Waals surface area contributed by atoms with E-state index in [0.717, 1.165) is 3.57 Å². The van der Waals surface area contributed by atoms with Crippen molar-refractivity contribution in [3.05, 3.63) is 91.5 Å². The molecule has 0 aromatic heterocycles. The summed E-state index contributed by atoms with van der Waals surface area (Å²) in [6.07, 6.45) is 1.41. The van der Waals surface area contributed by atoms with Gasteiger partial charge in [-0.1, -0.05) is 0 Å². The van der Waals surface area contributed by atoms with Gasteiger partial charge in [0.15, 0.2) is 18.1 Å². The van der Waals surface area contributed by atoms with Crippen molar-refractivity contribution in [2.75, 3.05) is 13.2 Å². The molecule has 1 N–H and O–H groups in total. The monoisotopic (exact) mass is 589 g/mol. The Kier molecular flexibility index (Phi) is 9.12. The molecule has 0 atom stereocenters. The molecule has 3 rings (SSSR count). The van der Waals surface area contributed by atoms with Gasteiger partial charge in [0.05, 0.1) is 23.3 Å². The van der Waals surface area contributed by atoms with Crippen molar-refractivity contribution in [2.45, 2.75) is 6.92 Å². The molecule has 0 radical (unpaired) electrons. The Hall–Kier alpha value is -4.00. The highest BCUT2D eigenvalue weighted by Crippen LogP contribution is 2.29. The number of rotatable bonds is 10. The molecule has 0 spiro atoms. The Morgan fingerprint density at radius 2 is 1.74 bits per heavy atom. The predicted molar refractivity (Wildman–Crippen MR) is 136 cm³/mol. The van der Waals surface area contributed by atoms with E-state index in [1.165, 1.54) is 36.5 Å². The quantitative estimate of drug-likeness (QED) is 0.0930. The number of esters is 1. The van der Waals surface area contributed by atoms with E-state index in [-0.39, 0.29) is 23.6 Å². The van der Waals surface area contributed by atoms with E-state index < -0.39 is 16.8 Å². The number of hydrazone groups is 1.